The lowest BCUT2D eigenvalue weighted by molar-refractivity contribution is -0.0685. The van der Waals surface area contributed by atoms with Gasteiger partial charge in [-0.1, -0.05) is 13.8 Å². The van der Waals surface area contributed by atoms with Crippen LogP contribution in [-0.2, 0) is 4.74 Å². The Bertz CT molecular complexity index is 203. The van der Waals surface area contributed by atoms with E-state index in [1.165, 1.54) is 0 Å². The molecule has 0 amide bonds. The van der Waals surface area contributed by atoms with Crippen LogP contribution in [0.2, 0.25) is 0 Å². The lowest BCUT2D eigenvalue weighted by atomic mass is 9.88. The quantitative estimate of drug-likeness (QED) is 0.666. The first-order valence-corrected chi connectivity index (χ1v) is 5.58. The summed E-state index contributed by atoms with van der Waals surface area (Å²) < 4.78 is 5.86. The molecular weight excluding hydrogens is 174 g/mol. The maximum Gasteiger partial charge on any atom is 0.148 e. The van der Waals surface area contributed by atoms with Gasteiger partial charge in [0, 0.05) is 6.21 Å². The molecule has 0 aliphatic carbocycles. The van der Waals surface area contributed by atoms with Gasteiger partial charge in [0.05, 0.1) is 5.60 Å². The Morgan fingerprint density at radius 3 is 2.50 bits per heavy atom. The van der Waals surface area contributed by atoms with Crippen LogP contribution in [0.3, 0.4) is 0 Å². The molecule has 0 radical (unpaired) electrons. The van der Waals surface area contributed by atoms with Crippen molar-refractivity contribution in [3.8, 4) is 0 Å². The topological polar surface area (TPSA) is 21.6 Å². The van der Waals surface area contributed by atoms with Crippen molar-refractivity contribution in [2.24, 2.45) is 16.8 Å². The average Bonchev–Trinajstić information content (AvgIpc) is 2.01. The number of hydrogen-bond acceptors (Lipinski definition) is 2. The molecule has 82 valence electrons. The minimum atomic E-state index is -0.0825. The average molecular weight is 197 g/mol. The molecular formula is C12H23NO. The zero-order valence-electron chi connectivity index (χ0n) is 10.1. The van der Waals surface area contributed by atoms with E-state index < -0.39 is 0 Å². The molecule has 2 atom stereocenters. The van der Waals surface area contributed by atoms with E-state index in [-0.39, 0.29) is 11.8 Å². The first-order chi connectivity index (χ1) is 6.38. The highest BCUT2D eigenvalue weighted by atomic mass is 16.5. The minimum absolute atomic E-state index is 0.0798. The molecule has 0 saturated carbocycles. The Kier molecular flexibility index (Phi) is 3.71. The summed E-state index contributed by atoms with van der Waals surface area (Å²) in [5, 5.41) is 0. The Hall–Kier alpha value is -0.370. The molecule has 1 heterocycles. The van der Waals surface area contributed by atoms with E-state index in [9.17, 15) is 0 Å². The van der Waals surface area contributed by atoms with Gasteiger partial charge in [0.15, 0.2) is 0 Å². The molecule has 1 rings (SSSR count). The van der Waals surface area contributed by atoms with Gasteiger partial charge in [-0.2, -0.15) is 0 Å². The fourth-order valence-electron chi connectivity index (χ4n) is 1.76. The molecule has 0 aromatic rings. The Balaban J connectivity index is 2.49. The summed E-state index contributed by atoms with van der Waals surface area (Å²) in [6, 6.07) is 0. The van der Waals surface area contributed by atoms with Crippen LogP contribution in [0.5, 0.6) is 0 Å². The minimum Gasteiger partial charge on any atom is -0.351 e. The molecule has 1 aliphatic heterocycles. The molecule has 0 spiro atoms. The van der Waals surface area contributed by atoms with E-state index in [4.69, 9.17) is 4.74 Å². The summed E-state index contributed by atoms with van der Waals surface area (Å²) in [6.07, 6.45) is 4.30. The standard InChI is InChI=1S/C12H23NO/c1-9(2)10-6-7-13-11(8-10)14-12(3,4)5/h7,9-11H,6,8H2,1-5H3. The van der Waals surface area contributed by atoms with Crippen molar-refractivity contribution in [1.82, 2.24) is 0 Å². The SMILES string of the molecule is CC(C)C1CC=NC(OC(C)(C)C)C1. The third kappa shape index (κ3) is 3.79. The second-order valence-corrected chi connectivity index (χ2v) is 5.49. The zero-order valence-corrected chi connectivity index (χ0v) is 10.1. The number of aliphatic imine (C=N–C) groups is 1. The normalized spacial score (nSPS) is 28.4. The van der Waals surface area contributed by atoms with Crippen LogP contribution in [-0.4, -0.2) is 18.0 Å². The summed E-state index contributed by atoms with van der Waals surface area (Å²) in [6.45, 7) is 10.8. The van der Waals surface area contributed by atoms with Crippen molar-refractivity contribution in [3.05, 3.63) is 0 Å². The van der Waals surface area contributed by atoms with Crippen molar-refractivity contribution in [1.29, 1.82) is 0 Å². The van der Waals surface area contributed by atoms with Gasteiger partial charge in [-0.25, -0.2) is 0 Å². The van der Waals surface area contributed by atoms with Crippen LogP contribution < -0.4 is 0 Å². The van der Waals surface area contributed by atoms with Gasteiger partial charge < -0.3 is 4.74 Å². The summed E-state index contributed by atoms with van der Waals surface area (Å²) >= 11 is 0. The van der Waals surface area contributed by atoms with Gasteiger partial charge in [-0.15, -0.1) is 0 Å². The molecule has 0 saturated heterocycles. The van der Waals surface area contributed by atoms with E-state index in [1.54, 1.807) is 0 Å². The van der Waals surface area contributed by atoms with Crippen LogP contribution in [0.25, 0.3) is 0 Å². The third-order valence-electron chi connectivity index (χ3n) is 2.62. The van der Waals surface area contributed by atoms with Gasteiger partial charge in [0.25, 0.3) is 0 Å². The Labute approximate surface area is 87.8 Å². The van der Waals surface area contributed by atoms with Gasteiger partial charge in [-0.3, -0.25) is 4.99 Å². The van der Waals surface area contributed by atoms with Crippen LogP contribution >= 0.6 is 0 Å². The first-order valence-electron chi connectivity index (χ1n) is 5.58. The monoisotopic (exact) mass is 197 g/mol. The fourth-order valence-corrected chi connectivity index (χ4v) is 1.76. The highest BCUT2D eigenvalue weighted by Crippen LogP contribution is 2.27. The fraction of sp³-hybridized carbons (Fsp3) is 0.917. The molecule has 0 bridgehead atoms. The second-order valence-electron chi connectivity index (χ2n) is 5.49. The molecule has 14 heavy (non-hydrogen) atoms. The first kappa shape index (κ1) is 11.7. The van der Waals surface area contributed by atoms with Gasteiger partial charge >= 0.3 is 0 Å². The van der Waals surface area contributed by atoms with Gasteiger partial charge in [-0.05, 0) is 45.4 Å². The largest absolute Gasteiger partial charge is 0.351 e. The van der Waals surface area contributed by atoms with Crippen molar-refractivity contribution >= 4 is 6.21 Å². The van der Waals surface area contributed by atoms with Crippen molar-refractivity contribution in [3.63, 3.8) is 0 Å². The number of rotatable bonds is 2. The van der Waals surface area contributed by atoms with Crippen molar-refractivity contribution in [2.75, 3.05) is 0 Å². The molecule has 1 aliphatic rings. The van der Waals surface area contributed by atoms with E-state index >= 15 is 0 Å². The molecule has 2 heteroatoms. The molecule has 0 aromatic carbocycles. The second kappa shape index (κ2) is 4.43. The number of ether oxygens (including phenoxy) is 1. The number of hydrogen-bond donors (Lipinski definition) is 0. The van der Waals surface area contributed by atoms with Crippen molar-refractivity contribution in [2.45, 2.75) is 59.3 Å². The summed E-state index contributed by atoms with van der Waals surface area (Å²) in [4.78, 5) is 4.40. The highest BCUT2D eigenvalue weighted by Gasteiger charge is 2.25. The maximum absolute atomic E-state index is 5.86. The zero-order chi connectivity index (χ0) is 10.8. The molecule has 2 unspecified atom stereocenters. The van der Waals surface area contributed by atoms with Crippen LogP contribution in [0, 0.1) is 11.8 Å². The summed E-state index contributed by atoms with van der Waals surface area (Å²) in [5.74, 6) is 1.47. The van der Waals surface area contributed by atoms with Gasteiger partial charge in [0.2, 0.25) is 0 Å². The van der Waals surface area contributed by atoms with Crippen molar-refractivity contribution < 1.29 is 4.74 Å². The van der Waals surface area contributed by atoms with E-state index in [0.717, 1.165) is 24.7 Å². The Morgan fingerprint density at radius 2 is 2.00 bits per heavy atom. The predicted molar refractivity (Wildman–Crippen MR) is 60.7 cm³/mol. The lowest BCUT2D eigenvalue weighted by Crippen LogP contribution is -2.31. The summed E-state index contributed by atoms with van der Waals surface area (Å²) in [5.41, 5.74) is -0.0825. The number of nitrogens with zero attached hydrogens (tertiary/aromatic N) is 1. The Morgan fingerprint density at radius 1 is 1.36 bits per heavy atom. The van der Waals surface area contributed by atoms with E-state index in [2.05, 4.69) is 39.6 Å². The smallest absolute Gasteiger partial charge is 0.148 e. The van der Waals surface area contributed by atoms with Crippen LogP contribution in [0.15, 0.2) is 4.99 Å². The van der Waals surface area contributed by atoms with Crippen LogP contribution in [0.1, 0.15) is 47.5 Å². The molecule has 0 aromatic heterocycles. The maximum atomic E-state index is 5.86. The third-order valence-corrected chi connectivity index (χ3v) is 2.62. The highest BCUT2D eigenvalue weighted by molar-refractivity contribution is 5.58. The predicted octanol–water partition coefficient (Wildman–Crippen LogP) is 3.26. The van der Waals surface area contributed by atoms with Gasteiger partial charge in [0.1, 0.15) is 6.23 Å². The lowest BCUT2D eigenvalue weighted by Gasteiger charge is -2.31. The molecule has 0 fully saturated rings. The molecule has 0 N–H and O–H groups in total. The van der Waals surface area contributed by atoms with Crippen LogP contribution in [0.4, 0.5) is 0 Å². The van der Waals surface area contributed by atoms with E-state index in [1.807, 2.05) is 6.21 Å². The molecule has 2 nitrogen and oxygen atoms in total. The van der Waals surface area contributed by atoms with E-state index in [0.29, 0.717) is 0 Å². The summed E-state index contributed by atoms with van der Waals surface area (Å²) in [7, 11) is 0.